The number of halogens is 1. The molecule has 0 saturated carbocycles. The van der Waals surface area contributed by atoms with Gasteiger partial charge in [0.25, 0.3) is 0 Å². The van der Waals surface area contributed by atoms with Gasteiger partial charge in [0.1, 0.15) is 17.5 Å². The maximum atomic E-state index is 14.5. The lowest BCUT2D eigenvalue weighted by Gasteiger charge is -2.29. The molecule has 0 heterocycles. The molecule has 0 saturated heterocycles. The summed E-state index contributed by atoms with van der Waals surface area (Å²) in [6.07, 6.45) is 0.352. The summed E-state index contributed by atoms with van der Waals surface area (Å²) in [5, 5.41) is 5.79. The SMILES string of the molecule is COC(=O)C(CC(C)C)NC(=O)NC(c1ccc(Cl)cc1)P(=O)(Oc1ccccc1)Oc1ccccc1. The minimum atomic E-state index is -4.20. The Kier molecular flexibility index (Phi) is 10.0. The monoisotopic (exact) mass is 544 g/mol. The Bertz CT molecular complexity index is 1160. The van der Waals surface area contributed by atoms with Gasteiger partial charge in [0.05, 0.1) is 7.11 Å². The lowest BCUT2D eigenvalue weighted by atomic mass is 10.0. The van der Waals surface area contributed by atoms with Gasteiger partial charge in [-0.05, 0) is 54.3 Å². The summed E-state index contributed by atoms with van der Waals surface area (Å²) in [6, 6.07) is 21.8. The second-order valence-electron chi connectivity index (χ2n) is 8.63. The van der Waals surface area contributed by atoms with Gasteiger partial charge in [-0.3, -0.25) is 0 Å². The Morgan fingerprint density at radius 2 is 1.35 bits per heavy atom. The molecule has 0 aliphatic heterocycles. The lowest BCUT2D eigenvalue weighted by molar-refractivity contribution is -0.143. The minimum absolute atomic E-state index is 0.102. The number of esters is 1. The second kappa shape index (κ2) is 13.2. The number of ether oxygens (including phenoxy) is 1. The molecule has 8 nitrogen and oxygen atoms in total. The van der Waals surface area contributed by atoms with E-state index < -0.39 is 31.4 Å². The molecular formula is C27H30ClN2O6P. The average molecular weight is 545 g/mol. The number of benzene rings is 3. The lowest BCUT2D eigenvalue weighted by Crippen LogP contribution is -2.48. The molecule has 3 aromatic rings. The van der Waals surface area contributed by atoms with Crippen molar-refractivity contribution in [3.63, 3.8) is 0 Å². The van der Waals surface area contributed by atoms with Crippen molar-refractivity contribution in [1.82, 2.24) is 10.6 Å². The molecule has 3 rings (SSSR count). The fourth-order valence-electron chi connectivity index (χ4n) is 3.52. The van der Waals surface area contributed by atoms with Gasteiger partial charge in [0.15, 0.2) is 5.78 Å². The molecule has 2 atom stereocenters. The number of nitrogens with one attached hydrogen (secondary N) is 2. The van der Waals surface area contributed by atoms with Gasteiger partial charge in [-0.1, -0.05) is 74.0 Å². The minimum Gasteiger partial charge on any atom is -0.467 e. The summed E-state index contributed by atoms with van der Waals surface area (Å²) in [7, 11) is -2.95. The molecular weight excluding hydrogens is 515 g/mol. The van der Waals surface area contributed by atoms with E-state index in [4.69, 9.17) is 25.4 Å². The molecule has 10 heteroatoms. The smallest absolute Gasteiger partial charge is 0.457 e. The highest BCUT2D eigenvalue weighted by Crippen LogP contribution is 2.59. The van der Waals surface area contributed by atoms with E-state index >= 15 is 0 Å². The van der Waals surface area contributed by atoms with Crippen LogP contribution in [0.3, 0.4) is 0 Å². The summed E-state index contributed by atoms with van der Waals surface area (Å²) in [5.41, 5.74) is 0.424. The number of carbonyl (C=O) groups excluding carboxylic acids is 2. The van der Waals surface area contributed by atoms with E-state index in [0.717, 1.165) is 0 Å². The fourth-order valence-corrected chi connectivity index (χ4v) is 5.54. The third-order valence-corrected chi connectivity index (χ3v) is 7.46. The number of amides is 2. The summed E-state index contributed by atoms with van der Waals surface area (Å²) in [4.78, 5) is 25.4. The number of hydrogen-bond donors (Lipinski definition) is 2. The second-order valence-corrected chi connectivity index (χ2v) is 11.0. The summed E-state index contributed by atoms with van der Waals surface area (Å²) < 4.78 is 31.3. The molecule has 0 bridgehead atoms. The first-order valence-electron chi connectivity index (χ1n) is 11.7. The van der Waals surface area contributed by atoms with Gasteiger partial charge >= 0.3 is 19.6 Å². The van der Waals surface area contributed by atoms with Crippen LogP contribution < -0.4 is 19.7 Å². The van der Waals surface area contributed by atoms with Gasteiger partial charge in [-0.15, -0.1) is 0 Å². The Hall–Kier alpha value is -3.48. The third kappa shape index (κ3) is 8.27. The van der Waals surface area contributed by atoms with Crippen molar-refractivity contribution in [3.8, 4) is 11.5 Å². The van der Waals surface area contributed by atoms with Gasteiger partial charge in [0, 0.05) is 5.02 Å². The standard InChI is InChI=1S/C27H30ClN2O6P/c1-19(2)18-24(26(31)34-3)29-27(32)30-25(20-14-16-21(28)17-15-20)37(33,35-22-10-6-4-7-11-22)36-23-12-8-5-9-13-23/h4-17,19,24-25H,18H2,1-3H3,(H2,29,30,32). The van der Waals surface area contributed by atoms with Crippen molar-refractivity contribution in [2.24, 2.45) is 5.92 Å². The maximum Gasteiger partial charge on any atom is 0.457 e. The van der Waals surface area contributed by atoms with E-state index in [2.05, 4.69) is 10.6 Å². The molecule has 2 unspecified atom stereocenters. The number of methoxy groups -OCH3 is 1. The molecule has 37 heavy (non-hydrogen) atoms. The quantitative estimate of drug-likeness (QED) is 0.209. The van der Waals surface area contributed by atoms with E-state index in [1.807, 2.05) is 13.8 Å². The number of urea groups is 1. The van der Waals surface area contributed by atoms with Gasteiger partial charge in [0.2, 0.25) is 0 Å². The normalized spacial score (nSPS) is 12.8. The molecule has 3 aromatic carbocycles. The number of rotatable bonds is 11. The molecule has 0 fully saturated rings. The summed E-state index contributed by atoms with van der Waals surface area (Å²) in [5.74, 6) is -1.17. The van der Waals surface area contributed by atoms with E-state index in [-0.39, 0.29) is 17.4 Å². The van der Waals surface area contributed by atoms with Crippen LogP contribution in [0.4, 0.5) is 4.79 Å². The van der Waals surface area contributed by atoms with E-state index in [0.29, 0.717) is 17.0 Å². The zero-order valence-electron chi connectivity index (χ0n) is 20.8. The molecule has 0 aliphatic rings. The number of para-hydroxylation sites is 2. The Morgan fingerprint density at radius 3 is 1.81 bits per heavy atom. The molecule has 0 aromatic heterocycles. The zero-order valence-corrected chi connectivity index (χ0v) is 22.4. The molecule has 196 valence electrons. The third-order valence-electron chi connectivity index (χ3n) is 5.22. The van der Waals surface area contributed by atoms with Crippen molar-refractivity contribution in [2.45, 2.75) is 32.1 Å². The van der Waals surface area contributed by atoms with Crippen molar-refractivity contribution < 1.29 is 27.9 Å². The van der Waals surface area contributed by atoms with Gasteiger partial charge < -0.3 is 24.4 Å². The van der Waals surface area contributed by atoms with Crippen molar-refractivity contribution in [1.29, 1.82) is 0 Å². The van der Waals surface area contributed by atoms with Crippen molar-refractivity contribution >= 4 is 31.2 Å². The van der Waals surface area contributed by atoms with Crippen molar-refractivity contribution in [3.05, 3.63) is 95.5 Å². The largest absolute Gasteiger partial charge is 0.467 e. The first-order valence-corrected chi connectivity index (χ1v) is 13.7. The molecule has 0 spiro atoms. The van der Waals surface area contributed by atoms with Crippen LogP contribution >= 0.6 is 19.2 Å². The molecule has 0 radical (unpaired) electrons. The highest BCUT2D eigenvalue weighted by Gasteiger charge is 2.42. The predicted molar refractivity (Wildman–Crippen MR) is 143 cm³/mol. The molecule has 2 amide bonds. The van der Waals surface area contributed by atoms with Crippen LogP contribution in [-0.2, 0) is 14.1 Å². The molecule has 0 aliphatic carbocycles. The number of carbonyl (C=O) groups is 2. The van der Waals surface area contributed by atoms with Crippen LogP contribution in [0.15, 0.2) is 84.9 Å². The first kappa shape index (κ1) is 28.1. The highest BCUT2D eigenvalue weighted by molar-refractivity contribution is 7.55. The van der Waals surface area contributed by atoms with Crippen molar-refractivity contribution in [2.75, 3.05) is 7.11 Å². The van der Waals surface area contributed by atoms with Crippen LogP contribution in [0.2, 0.25) is 5.02 Å². The Labute approximate surface area is 221 Å². The van der Waals surface area contributed by atoms with E-state index in [1.165, 1.54) is 7.11 Å². The fraction of sp³-hybridized carbons (Fsp3) is 0.259. The predicted octanol–water partition coefficient (Wildman–Crippen LogP) is 6.58. The Balaban J connectivity index is 2.00. The van der Waals surface area contributed by atoms with Crippen LogP contribution in [0.1, 0.15) is 31.6 Å². The number of hydrogen-bond acceptors (Lipinski definition) is 6. The van der Waals surface area contributed by atoms with Crippen LogP contribution in [-0.4, -0.2) is 25.2 Å². The Morgan fingerprint density at radius 1 is 0.838 bits per heavy atom. The maximum absolute atomic E-state index is 14.5. The summed E-state index contributed by atoms with van der Waals surface area (Å²) >= 11 is 6.08. The molecule has 2 N–H and O–H groups in total. The van der Waals surface area contributed by atoms with Gasteiger partial charge in [-0.2, -0.15) is 0 Å². The average Bonchev–Trinajstić information content (AvgIpc) is 2.88. The van der Waals surface area contributed by atoms with E-state index in [1.54, 1.807) is 84.9 Å². The topological polar surface area (TPSA) is 103 Å². The van der Waals surface area contributed by atoms with Gasteiger partial charge in [-0.25, -0.2) is 14.2 Å². The zero-order chi connectivity index (χ0) is 26.8. The van der Waals surface area contributed by atoms with E-state index in [9.17, 15) is 14.2 Å². The summed E-state index contributed by atoms with van der Waals surface area (Å²) in [6.45, 7) is 3.84. The highest BCUT2D eigenvalue weighted by atomic mass is 35.5. The van der Waals surface area contributed by atoms with Crippen LogP contribution in [0.25, 0.3) is 0 Å². The van der Waals surface area contributed by atoms with Crippen LogP contribution in [0.5, 0.6) is 11.5 Å². The van der Waals surface area contributed by atoms with Crippen LogP contribution in [0, 0.1) is 5.92 Å². The first-order chi connectivity index (χ1) is 17.7.